The highest BCUT2D eigenvalue weighted by Gasteiger charge is 1.94. The Morgan fingerprint density at radius 1 is 1.50 bits per heavy atom. The van der Waals surface area contributed by atoms with Crippen molar-refractivity contribution in [3.63, 3.8) is 0 Å². The summed E-state index contributed by atoms with van der Waals surface area (Å²) in [5.74, 6) is 0. The highest BCUT2D eigenvalue weighted by atomic mass is 14.9. The molecular weight excluding hydrogens is 124 g/mol. The van der Waals surface area contributed by atoms with E-state index >= 15 is 0 Å². The average molecular weight is 131 g/mol. The van der Waals surface area contributed by atoms with E-state index in [0.717, 1.165) is 11.0 Å². The Morgan fingerprint density at radius 2 is 2.40 bits per heavy atom. The lowest BCUT2D eigenvalue weighted by molar-refractivity contribution is 0.968. The van der Waals surface area contributed by atoms with E-state index in [9.17, 15) is 0 Å². The number of aromatic nitrogens is 2. The minimum Gasteiger partial charge on any atom is -0.349 e. The number of nitrogens with zero attached hydrogens (tertiary/aromatic N) is 2. The van der Waals surface area contributed by atoms with Crippen LogP contribution in [0.15, 0.2) is 24.4 Å². The Hall–Kier alpha value is -1.31. The van der Waals surface area contributed by atoms with E-state index in [2.05, 4.69) is 11.2 Å². The summed E-state index contributed by atoms with van der Waals surface area (Å²) in [7, 11) is 2.00. The lowest BCUT2D eigenvalue weighted by Crippen LogP contribution is -1.83. The summed E-state index contributed by atoms with van der Waals surface area (Å²) in [6.45, 7) is 0. The molecule has 0 amide bonds. The van der Waals surface area contributed by atoms with Crippen LogP contribution < -0.4 is 0 Å². The zero-order chi connectivity index (χ0) is 6.97. The second-order valence-electron chi connectivity index (χ2n) is 2.27. The van der Waals surface area contributed by atoms with Gasteiger partial charge >= 0.3 is 0 Å². The molecule has 2 heteroatoms. The minimum absolute atomic E-state index is 1.00. The Kier molecular flexibility index (Phi) is 1.01. The molecule has 49 valence electrons. The molecule has 0 unspecified atom stereocenters. The van der Waals surface area contributed by atoms with Gasteiger partial charge in [-0.25, -0.2) is 4.98 Å². The van der Waals surface area contributed by atoms with E-state index in [1.807, 2.05) is 36.0 Å². The van der Waals surface area contributed by atoms with Crippen molar-refractivity contribution in [3.05, 3.63) is 30.6 Å². The molecule has 2 aromatic rings. The summed E-state index contributed by atoms with van der Waals surface area (Å²) in [5.41, 5.74) is 2.16. The monoisotopic (exact) mass is 131 g/mol. The lowest BCUT2D eigenvalue weighted by atomic mass is 10.4. The molecule has 0 atom stereocenters. The van der Waals surface area contributed by atoms with Crippen LogP contribution in [0, 0.1) is 6.20 Å². The quantitative estimate of drug-likeness (QED) is 0.528. The van der Waals surface area contributed by atoms with Gasteiger partial charge in [0.05, 0.1) is 17.2 Å². The molecule has 0 saturated carbocycles. The number of rotatable bonds is 0. The van der Waals surface area contributed by atoms with E-state index in [4.69, 9.17) is 0 Å². The van der Waals surface area contributed by atoms with Crippen LogP contribution in [-0.4, -0.2) is 9.55 Å². The second kappa shape index (κ2) is 1.84. The molecule has 0 aromatic carbocycles. The normalized spacial score (nSPS) is 10.5. The first-order valence-corrected chi connectivity index (χ1v) is 3.16. The first kappa shape index (κ1) is 5.47. The summed E-state index contributed by atoms with van der Waals surface area (Å²) in [6, 6.07) is 5.80. The second-order valence-corrected chi connectivity index (χ2v) is 2.27. The largest absolute Gasteiger partial charge is 0.349 e. The van der Waals surface area contributed by atoms with Gasteiger partial charge in [0, 0.05) is 13.2 Å². The first-order chi connectivity index (χ1) is 4.88. The van der Waals surface area contributed by atoms with E-state index < -0.39 is 0 Å². The van der Waals surface area contributed by atoms with Crippen LogP contribution in [0.25, 0.3) is 11.0 Å². The van der Waals surface area contributed by atoms with Gasteiger partial charge in [-0.1, -0.05) is 0 Å². The number of fused-ring (bicyclic) bond motifs is 1. The predicted molar refractivity (Wildman–Crippen MR) is 39.6 cm³/mol. The molecule has 0 aliphatic heterocycles. The fourth-order valence-electron chi connectivity index (χ4n) is 1.05. The molecule has 0 bridgehead atoms. The topological polar surface area (TPSA) is 17.8 Å². The standard InChI is InChI=1S/C8H7N2/c1-10-6-4-7-8(10)3-2-5-9-7/h2-4,6H,1H3. The van der Waals surface area contributed by atoms with Crippen molar-refractivity contribution >= 4 is 11.0 Å². The van der Waals surface area contributed by atoms with Crippen molar-refractivity contribution in [2.75, 3.05) is 0 Å². The van der Waals surface area contributed by atoms with Crippen LogP contribution in [0.4, 0.5) is 0 Å². The summed E-state index contributed by atoms with van der Waals surface area (Å²) in [5, 5.41) is 0. The van der Waals surface area contributed by atoms with Gasteiger partial charge in [0.15, 0.2) is 0 Å². The number of aryl methyl sites for hydroxylation is 1. The van der Waals surface area contributed by atoms with Gasteiger partial charge in [-0.15, -0.1) is 0 Å². The Balaban J connectivity index is 2.93. The zero-order valence-electron chi connectivity index (χ0n) is 5.70. The highest BCUT2D eigenvalue weighted by Crippen LogP contribution is 2.09. The summed E-state index contributed by atoms with van der Waals surface area (Å²) in [6.07, 6.45) is 4.78. The van der Waals surface area contributed by atoms with Crippen molar-refractivity contribution in [2.45, 2.75) is 0 Å². The molecule has 0 fully saturated rings. The van der Waals surface area contributed by atoms with E-state index in [-0.39, 0.29) is 0 Å². The fourth-order valence-corrected chi connectivity index (χ4v) is 1.05. The zero-order valence-corrected chi connectivity index (χ0v) is 5.70. The molecule has 0 aliphatic rings. The van der Waals surface area contributed by atoms with Crippen molar-refractivity contribution in [1.82, 2.24) is 9.55 Å². The Bertz CT molecular complexity index is 349. The predicted octanol–water partition coefficient (Wildman–Crippen LogP) is 1.37. The van der Waals surface area contributed by atoms with Crippen molar-refractivity contribution in [1.29, 1.82) is 0 Å². The molecule has 2 heterocycles. The maximum atomic E-state index is 4.06. The van der Waals surface area contributed by atoms with Crippen LogP contribution in [0.2, 0.25) is 0 Å². The van der Waals surface area contributed by atoms with E-state index in [1.165, 1.54) is 0 Å². The third-order valence-corrected chi connectivity index (χ3v) is 1.60. The molecule has 2 nitrogen and oxygen atoms in total. The average Bonchev–Trinajstić information content (AvgIpc) is 2.34. The molecule has 0 spiro atoms. The minimum atomic E-state index is 1.00. The van der Waals surface area contributed by atoms with Crippen LogP contribution in [0.1, 0.15) is 0 Å². The molecule has 2 aromatic heterocycles. The third-order valence-electron chi connectivity index (χ3n) is 1.60. The summed E-state index contributed by atoms with van der Waals surface area (Å²) >= 11 is 0. The van der Waals surface area contributed by atoms with Gasteiger partial charge in [0.1, 0.15) is 0 Å². The van der Waals surface area contributed by atoms with Crippen molar-refractivity contribution in [2.24, 2.45) is 7.05 Å². The van der Waals surface area contributed by atoms with Gasteiger partial charge in [0.2, 0.25) is 0 Å². The molecule has 0 saturated heterocycles. The molecule has 0 aliphatic carbocycles. The van der Waals surface area contributed by atoms with Crippen molar-refractivity contribution in [3.8, 4) is 0 Å². The SMILES string of the molecule is Cn1ccc2n[c]ccc21. The smallest absolute Gasteiger partial charge is 0.0895 e. The maximum absolute atomic E-state index is 4.06. The molecular formula is C8H7N2. The van der Waals surface area contributed by atoms with Gasteiger partial charge in [-0.2, -0.15) is 0 Å². The van der Waals surface area contributed by atoms with E-state index in [1.54, 1.807) is 0 Å². The molecule has 2 rings (SSSR count). The van der Waals surface area contributed by atoms with Crippen LogP contribution in [-0.2, 0) is 7.05 Å². The van der Waals surface area contributed by atoms with E-state index in [0.29, 0.717) is 0 Å². The van der Waals surface area contributed by atoms with Gasteiger partial charge in [-0.3, -0.25) is 0 Å². The number of pyridine rings is 1. The molecule has 1 radical (unpaired) electrons. The Labute approximate surface area is 59.1 Å². The number of hydrogen-bond donors (Lipinski definition) is 0. The summed E-state index contributed by atoms with van der Waals surface area (Å²) < 4.78 is 2.04. The molecule has 0 N–H and O–H groups in total. The highest BCUT2D eigenvalue weighted by molar-refractivity contribution is 5.74. The van der Waals surface area contributed by atoms with Crippen LogP contribution in [0.5, 0.6) is 0 Å². The van der Waals surface area contributed by atoms with Gasteiger partial charge in [0.25, 0.3) is 0 Å². The van der Waals surface area contributed by atoms with Gasteiger partial charge < -0.3 is 4.57 Å². The van der Waals surface area contributed by atoms with Gasteiger partial charge in [-0.05, 0) is 18.2 Å². The first-order valence-electron chi connectivity index (χ1n) is 3.16. The van der Waals surface area contributed by atoms with Crippen LogP contribution in [0.3, 0.4) is 0 Å². The summed E-state index contributed by atoms with van der Waals surface area (Å²) in [4.78, 5) is 4.06. The Morgan fingerprint density at radius 3 is 3.20 bits per heavy atom. The maximum Gasteiger partial charge on any atom is 0.0895 e. The fraction of sp³-hybridized carbons (Fsp3) is 0.125. The number of hydrogen-bond acceptors (Lipinski definition) is 1. The molecule has 10 heavy (non-hydrogen) atoms. The van der Waals surface area contributed by atoms with Crippen molar-refractivity contribution < 1.29 is 0 Å². The lowest BCUT2D eigenvalue weighted by Gasteiger charge is -1.91. The third kappa shape index (κ3) is 0.620. The van der Waals surface area contributed by atoms with Crippen LogP contribution >= 0.6 is 0 Å².